The smallest absolute Gasteiger partial charge is 0.365 e. The van der Waals surface area contributed by atoms with Gasteiger partial charge < -0.3 is 38.4 Å². The van der Waals surface area contributed by atoms with Gasteiger partial charge in [0.15, 0.2) is 12.1 Å². The minimum absolute atomic E-state index is 0.00325. The molecule has 0 spiro atoms. The lowest BCUT2D eigenvalue weighted by molar-refractivity contribution is -0.139. The maximum Gasteiger partial charge on any atom is 0.365 e. The second-order valence-electron chi connectivity index (χ2n) is 13.3. The van der Waals surface area contributed by atoms with Gasteiger partial charge >= 0.3 is 7.60 Å². The number of benzene rings is 2. The summed E-state index contributed by atoms with van der Waals surface area (Å²) in [5, 5.41) is 2.97. The van der Waals surface area contributed by atoms with E-state index >= 15 is 0 Å². The van der Waals surface area contributed by atoms with Gasteiger partial charge in [-0.05, 0) is 50.8 Å². The number of hydrogen-bond acceptors (Lipinski definition) is 8. The van der Waals surface area contributed by atoms with Crippen molar-refractivity contribution in [1.82, 2.24) is 14.8 Å². The monoisotopic (exact) mass is 797 g/mol. The molecule has 298 valence electrons. The second-order valence-corrected chi connectivity index (χ2v) is 15.5. The number of ketones is 1. The number of rotatable bonds is 24. The van der Waals surface area contributed by atoms with Crippen LogP contribution in [0.15, 0.2) is 42.6 Å². The molecule has 1 fully saturated rings. The average Bonchev–Trinajstić information content (AvgIpc) is 3.71. The first-order valence-corrected chi connectivity index (χ1v) is 20.6. The summed E-state index contributed by atoms with van der Waals surface area (Å²) >= 11 is 5.83. The van der Waals surface area contributed by atoms with Crippen LogP contribution in [-0.4, -0.2) is 90.1 Å². The van der Waals surface area contributed by atoms with Gasteiger partial charge in [-0.1, -0.05) is 49.9 Å². The van der Waals surface area contributed by atoms with Gasteiger partial charge in [-0.2, -0.15) is 0 Å². The molecule has 2 aromatic carbocycles. The lowest BCUT2D eigenvalue weighted by Gasteiger charge is -2.24. The number of hydrogen-bond donors (Lipinski definition) is 2. The van der Waals surface area contributed by atoms with Crippen molar-refractivity contribution in [3.05, 3.63) is 64.6 Å². The van der Waals surface area contributed by atoms with Gasteiger partial charge in [0.25, 0.3) is 0 Å². The van der Waals surface area contributed by atoms with Crippen molar-refractivity contribution in [2.75, 3.05) is 45.9 Å². The predicted octanol–water partition coefficient (Wildman–Crippen LogP) is 7.21. The fraction of sp³-hybridized carbons (Fsp3) is 0.553. The van der Waals surface area contributed by atoms with Crippen LogP contribution in [0.5, 0.6) is 5.75 Å². The van der Waals surface area contributed by atoms with Crippen molar-refractivity contribution in [2.24, 2.45) is 0 Å². The highest BCUT2D eigenvalue weighted by Crippen LogP contribution is 2.42. The number of unbranched alkanes of at least 4 members (excludes halogenated alkanes) is 4. The van der Waals surface area contributed by atoms with Crippen molar-refractivity contribution in [3.63, 3.8) is 0 Å². The van der Waals surface area contributed by atoms with Crippen LogP contribution in [0.4, 0.5) is 8.78 Å². The van der Waals surface area contributed by atoms with Crippen LogP contribution in [0.1, 0.15) is 81.1 Å². The van der Waals surface area contributed by atoms with Gasteiger partial charge in [0.05, 0.1) is 23.7 Å². The minimum Gasteiger partial charge on any atom is -0.481 e. The molecule has 1 saturated heterocycles. The van der Waals surface area contributed by atoms with E-state index in [0.717, 1.165) is 30.8 Å². The number of amides is 2. The van der Waals surface area contributed by atoms with Gasteiger partial charge in [0.1, 0.15) is 30.3 Å². The number of fused-ring (bicyclic) bond motifs is 1. The van der Waals surface area contributed by atoms with E-state index in [1.807, 2.05) is 0 Å². The van der Waals surface area contributed by atoms with Gasteiger partial charge in [0.2, 0.25) is 11.8 Å². The molecule has 2 amide bonds. The number of alkyl halides is 1. The molecule has 3 atom stereocenters. The van der Waals surface area contributed by atoms with Gasteiger partial charge in [-0.3, -0.25) is 18.9 Å². The Balaban J connectivity index is 1.27. The van der Waals surface area contributed by atoms with Crippen LogP contribution in [0.3, 0.4) is 0 Å². The van der Waals surface area contributed by atoms with E-state index in [0.29, 0.717) is 42.7 Å². The maximum atomic E-state index is 14.6. The molecule has 1 aliphatic rings. The van der Waals surface area contributed by atoms with Crippen molar-refractivity contribution in [3.8, 4) is 5.75 Å². The van der Waals surface area contributed by atoms with Crippen LogP contribution in [0.2, 0.25) is 5.02 Å². The van der Waals surface area contributed by atoms with Gasteiger partial charge in [0, 0.05) is 68.2 Å². The predicted molar refractivity (Wildman–Crippen MR) is 201 cm³/mol. The summed E-state index contributed by atoms with van der Waals surface area (Å²) in [4.78, 5) is 50.6. The van der Waals surface area contributed by atoms with E-state index in [-0.39, 0.29) is 54.8 Å². The summed E-state index contributed by atoms with van der Waals surface area (Å²) in [7, 11) is -4.13. The average molecular weight is 798 g/mol. The highest BCUT2D eigenvalue weighted by Gasteiger charge is 2.40. The highest BCUT2D eigenvalue weighted by molar-refractivity contribution is 7.52. The van der Waals surface area contributed by atoms with Crippen molar-refractivity contribution in [2.45, 2.75) is 90.5 Å². The molecule has 54 heavy (non-hydrogen) atoms. The zero-order chi connectivity index (χ0) is 39.1. The topological polar surface area (TPSA) is 146 Å². The number of aromatic nitrogens is 1. The number of carbonyl (C=O) groups is 3. The van der Waals surface area contributed by atoms with E-state index in [9.17, 15) is 32.6 Å². The Labute approximate surface area is 319 Å². The molecule has 1 unspecified atom stereocenters. The first-order valence-electron chi connectivity index (χ1n) is 18.4. The molecule has 16 heteroatoms. The van der Waals surface area contributed by atoms with Crippen LogP contribution in [0.25, 0.3) is 10.9 Å². The molecular weight excluding hydrogens is 747 g/mol. The molecule has 12 nitrogen and oxygen atoms in total. The Kier molecular flexibility index (Phi) is 17.4. The SMILES string of the molecule is CCCCCCOCCCCOCCCOP(=O)(O)COc1ccc2c(C(C)=O)cn(CC(=O)N3C[C@H](F)C[C@H]3C(=O)NCc3cccc(Cl)c3F)c2c1. The summed E-state index contributed by atoms with van der Waals surface area (Å²) in [5.41, 5.74) is 0.863. The third-order valence-corrected chi connectivity index (χ3v) is 10.3. The third kappa shape index (κ3) is 13.1. The molecule has 1 aromatic heterocycles. The van der Waals surface area contributed by atoms with Crippen molar-refractivity contribution >= 4 is 47.7 Å². The lowest BCUT2D eigenvalue weighted by atomic mass is 10.1. The first-order chi connectivity index (χ1) is 25.9. The summed E-state index contributed by atoms with van der Waals surface area (Å²) in [5.74, 6) is -1.99. The quantitative estimate of drug-likeness (QED) is 0.0546. The molecule has 2 heterocycles. The highest BCUT2D eigenvalue weighted by atomic mass is 35.5. The van der Waals surface area contributed by atoms with E-state index in [1.54, 1.807) is 6.07 Å². The second kappa shape index (κ2) is 21.6. The molecule has 0 saturated carbocycles. The van der Waals surface area contributed by atoms with Crippen molar-refractivity contribution < 1.29 is 51.4 Å². The van der Waals surface area contributed by atoms with E-state index in [1.165, 1.54) is 67.3 Å². The summed E-state index contributed by atoms with van der Waals surface area (Å²) < 4.78 is 65.1. The van der Waals surface area contributed by atoms with E-state index < -0.39 is 43.8 Å². The van der Waals surface area contributed by atoms with Gasteiger partial charge in [-0.15, -0.1) is 0 Å². The van der Waals surface area contributed by atoms with Gasteiger partial charge in [-0.25, -0.2) is 8.78 Å². The molecule has 0 bridgehead atoms. The molecule has 0 radical (unpaired) electrons. The summed E-state index contributed by atoms with van der Waals surface area (Å²) in [6.45, 7) is 5.12. The molecule has 0 aliphatic carbocycles. The maximum absolute atomic E-state index is 14.6. The van der Waals surface area contributed by atoms with E-state index in [2.05, 4.69) is 12.2 Å². The number of ether oxygens (including phenoxy) is 3. The van der Waals surface area contributed by atoms with Crippen molar-refractivity contribution in [1.29, 1.82) is 0 Å². The zero-order valence-corrected chi connectivity index (χ0v) is 32.6. The standard InChI is InChI=1S/C38H51ClF2N3O9P/c1-3-4-5-6-15-50-16-7-8-17-51-18-10-19-53-54(48,49)26-52-30-13-14-31-32(27(2)45)24-43(34(31)21-30)25-36(46)44-23-29(40)20-35(44)38(47)42-22-28-11-9-12-33(39)37(28)41/h9,11-14,21,24,29,35H,3-8,10,15-20,22-23,25-26H2,1-2H3,(H,42,47)(H,48,49)/t29-,35+/m1/s1. The fourth-order valence-electron chi connectivity index (χ4n) is 6.11. The van der Waals surface area contributed by atoms with Crippen LogP contribution < -0.4 is 10.1 Å². The number of carbonyl (C=O) groups excluding carboxylic acids is 3. The summed E-state index contributed by atoms with van der Waals surface area (Å²) in [6, 6.07) is 7.88. The van der Waals surface area contributed by atoms with Crippen LogP contribution in [0, 0.1) is 5.82 Å². The number of halogens is 3. The summed E-state index contributed by atoms with van der Waals surface area (Å²) in [6.07, 6.45) is 6.07. The fourth-order valence-corrected chi connectivity index (χ4v) is 7.10. The molecule has 2 N–H and O–H groups in total. The number of nitrogens with zero attached hydrogens (tertiary/aromatic N) is 2. The number of nitrogens with one attached hydrogen (secondary N) is 1. The van der Waals surface area contributed by atoms with Crippen LogP contribution in [-0.2, 0) is 41.2 Å². The molecular formula is C38H51ClF2N3O9P. The largest absolute Gasteiger partial charge is 0.481 e. The Morgan fingerprint density at radius 2 is 1.70 bits per heavy atom. The Morgan fingerprint density at radius 1 is 1.00 bits per heavy atom. The molecule has 4 rings (SSSR count). The lowest BCUT2D eigenvalue weighted by Crippen LogP contribution is -2.46. The molecule has 3 aromatic rings. The zero-order valence-electron chi connectivity index (χ0n) is 30.9. The minimum atomic E-state index is -4.13. The Bertz CT molecular complexity index is 1760. The normalized spacial score (nSPS) is 16.8. The first kappa shape index (κ1) is 43.3. The number of Topliss-reactive ketones (excluding diaryl/α,β-unsaturated/α-hetero) is 1. The Hall–Kier alpha value is -3.39. The van der Waals surface area contributed by atoms with E-state index in [4.69, 9.17) is 30.3 Å². The number of likely N-dealkylation sites (tertiary alicyclic amines) is 1. The Morgan fingerprint density at radius 3 is 2.41 bits per heavy atom. The molecule has 1 aliphatic heterocycles. The van der Waals surface area contributed by atoms with Crippen LogP contribution >= 0.6 is 19.2 Å². The third-order valence-electron chi connectivity index (χ3n) is 8.99.